The molecule has 1 aliphatic rings. The molecule has 21 heavy (non-hydrogen) atoms. The summed E-state index contributed by atoms with van der Waals surface area (Å²) in [6.45, 7) is 8.22. The van der Waals surface area contributed by atoms with E-state index in [9.17, 15) is 4.79 Å². The summed E-state index contributed by atoms with van der Waals surface area (Å²) in [5.74, 6) is 0.173. The zero-order chi connectivity index (χ0) is 15.2. The number of carbonyl (C=O) groups excluding carboxylic acids is 1. The molecular formula is C18H28N2O. The summed E-state index contributed by atoms with van der Waals surface area (Å²) in [6, 6.07) is 6.36. The van der Waals surface area contributed by atoms with Crippen molar-refractivity contribution in [3.63, 3.8) is 0 Å². The molecule has 0 saturated carbocycles. The molecule has 0 aromatic heterocycles. The fraction of sp³-hybridized carbons (Fsp3) is 0.611. The summed E-state index contributed by atoms with van der Waals surface area (Å²) in [7, 11) is 0. The van der Waals surface area contributed by atoms with Crippen LogP contribution in [0.15, 0.2) is 18.2 Å². The molecule has 0 unspecified atom stereocenters. The lowest BCUT2D eigenvalue weighted by Crippen LogP contribution is -2.38. The second-order valence-corrected chi connectivity index (χ2v) is 6.17. The lowest BCUT2D eigenvalue weighted by molar-refractivity contribution is 0.0703. The molecular weight excluding hydrogens is 260 g/mol. The first-order valence-corrected chi connectivity index (χ1v) is 8.32. The smallest absolute Gasteiger partial charge is 0.256 e. The van der Waals surface area contributed by atoms with Gasteiger partial charge >= 0.3 is 0 Å². The van der Waals surface area contributed by atoms with E-state index in [0.29, 0.717) is 0 Å². The summed E-state index contributed by atoms with van der Waals surface area (Å²) in [5, 5.41) is 3.43. The van der Waals surface area contributed by atoms with Crippen LogP contribution in [-0.4, -0.2) is 29.9 Å². The maximum Gasteiger partial charge on any atom is 0.256 e. The number of anilines is 1. The zero-order valence-electron chi connectivity index (χ0n) is 13.6. The Kier molecular flexibility index (Phi) is 5.66. The van der Waals surface area contributed by atoms with Crippen LogP contribution in [-0.2, 0) is 6.42 Å². The fourth-order valence-electron chi connectivity index (χ4n) is 2.97. The molecule has 1 aliphatic heterocycles. The van der Waals surface area contributed by atoms with Gasteiger partial charge in [-0.05, 0) is 44.7 Å². The van der Waals surface area contributed by atoms with Crippen LogP contribution in [0.3, 0.4) is 0 Å². The van der Waals surface area contributed by atoms with Gasteiger partial charge in [-0.3, -0.25) is 4.79 Å². The number of rotatable bonds is 6. The van der Waals surface area contributed by atoms with Gasteiger partial charge in [0.1, 0.15) is 0 Å². The summed E-state index contributed by atoms with van der Waals surface area (Å²) in [4.78, 5) is 15.0. The highest BCUT2D eigenvalue weighted by molar-refractivity contribution is 6.00. The van der Waals surface area contributed by atoms with Gasteiger partial charge in [-0.15, -0.1) is 0 Å². The number of para-hydroxylation sites is 1. The molecule has 3 nitrogen and oxygen atoms in total. The third-order valence-corrected chi connectivity index (χ3v) is 4.19. The highest BCUT2D eigenvalue weighted by atomic mass is 16.2. The number of aryl methyl sites for hydroxylation is 1. The summed E-state index contributed by atoms with van der Waals surface area (Å²) in [6.07, 6.45) is 5.67. The van der Waals surface area contributed by atoms with Crippen molar-refractivity contribution >= 4 is 11.6 Å². The Morgan fingerprint density at radius 3 is 2.86 bits per heavy atom. The third-order valence-electron chi connectivity index (χ3n) is 4.19. The number of fused-ring (bicyclic) bond motifs is 1. The predicted octanol–water partition coefficient (Wildman–Crippen LogP) is 4.09. The first-order chi connectivity index (χ1) is 10.1. The average molecular weight is 288 g/mol. The third kappa shape index (κ3) is 3.78. The van der Waals surface area contributed by atoms with E-state index < -0.39 is 0 Å². The molecule has 0 bridgehead atoms. The van der Waals surface area contributed by atoms with Gasteiger partial charge in [0.25, 0.3) is 5.91 Å². The van der Waals surface area contributed by atoms with Crippen molar-refractivity contribution in [2.75, 3.05) is 18.4 Å². The Hall–Kier alpha value is -1.51. The van der Waals surface area contributed by atoms with E-state index in [2.05, 4.69) is 32.2 Å². The highest BCUT2D eigenvalue weighted by Crippen LogP contribution is 2.27. The maximum atomic E-state index is 12.9. The van der Waals surface area contributed by atoms with E-state index in [1.807, 2.05) is 17.0 Å². The minimum Gasteiger partial charge on any atom is -0.384 e. The molecule has 1 heterocycles. The predicted molar refractivity (Wildman–Crippen MR) is 89.0 cm³/mol. The summed E-state index contributed by atoms with van der Waals surface area (Å²) < 4.78 is 0. The average Bonchev–Trinajstić information content (AvgIpc) is 2.50. The van der Waals surface area contributed by atoms with Gasteiger partial charge in [0, 0.05) is 19.1 Å². The summed E-state index contributed by atoms with van der Waals surface area (Å²) in [5.41, 5.74) is 3.19. The Labute approximate surface area is 128 Å². The normalized spacial score (nSPS) is 13.7. The van der Waals surface area contributed by atoms with Crippen LogP contribution < -0.4 is 5.32 Å². The minimum atomic E-state index is 0.173. The maximum absolute atomic E-state index is 12.9. The van der Waals surface area contributed by atoms with Crippen LogP contribution in [0.2, 0.25) is 0 Å². The zero-order valence-corrected chi connectivity index (χ0v) is 13.6. The van der Waals surface area contributed by atoms with E-state index >= 15 is 0 Å². The molecule has 0 spiro atoms. The van der Waals surface area contributed by atoms with Crippen LogP contribution in [0.4, 0.5) is 5.69 Å². The number of unbranched alkanes of at least 4 members (excludes halogenated alkanes) is 2. The lowest BCUT2D eigenvalue weighted by atomic mass is 9.98. The number of hydrogen-bond acceptors (Lipinski definition) is 2. The molecule has 1 aromatic carbocycles. The van der Waals surface area contributed by atoms with Gasteiger partial charge in [-0.25, -0.2) is 0 Å². The number of carbonyl (C=O) groups is 1. The number of benzene rings is 1. The monoisotopic (exact) mass is 288 g/mol. The van der Waals surface area contributed by atoms with Gasteiger partial charge in [0.05, 0.1) is 11.3 Å². The van der Waals surface area contributed by atoms with Crippen molar-refractivity contribution in [3.05, 3.63) is 29.3 Å². The second-order valence-electron chi connectivity index (χ2n) is 6.17. The lowest BCUT2D eigenvalue weighted by Gasteiger charge is -2.29. The van der Waals surface area contributed by atoms with Crippen molar-refractivity contribution in [3.8, 4) is 0 Å². The van der Waals surface area contributed by atoms with Gasteiger partial charge in [0.15, 0.2) is 0 Å². The molecule has 116 valence electrons. The Morgan fingerprint density at radius 1 is 1.33 bits per heavy atom. The Balaban J connectivity index is 2.20. The van der Waals surface area contributed by atoms with Crippen molar-refractivity contribution in [2.45, 2.75) is 58.9 Å². The standard InChI is InChI=1S/C18H28N2O/c1-4-5-6-13-20(14(2)3)18(21)16-11-7-9-15-10-8-12-19-17(15)16/h7,9,11,14,19H,4-6,8,10,12-13H2,1-3H3. The number of amides is 1. The van der Waals surface area contributed by atoms with Crippen molar-refractivity contribution in [1.82, 2.24) is 4.90 Å². The van der Waals surface area contributed by atoms with Crippen molar-refractivity contribution in [1.29, 1.82) is 0 Å². The second kappa shape index (κ2) is 7.48. The molecule has 2 rings (SSSR count). The van der Waals surface area contributed by atoms with Crippen LogP contribution in [0, 0.1) is 0 Å². The van der Waals surface area contributed by atoms with Gasteiger partial charge in [-0.2, -0.15) is 0 Å². The highest BCUT2D eigenvalue weighted by Gasteiger charge is 2.23. The molecule has 0 saturated heterocycles. The Bertz CT molecular complexity index is 482. The molecule has 0 fully saturated rings. The molecule has 0 radical (unpaired) electrons. The number of hydrogen-bond donors (Lipinski definition) is 1. The van der Waals surface area contributed by atoms with Crippen molar-refractivity contribution in [2.24, 2.45) is 0 Å². The van der Waals surface area contributed by atoms with E-state index in [0.717, 1.165) is 43.6 Å². The SMILES string of the molecule is CCCCCN(C(=O)c1cccc2c1NCCC2)C(C)C. The minimum absolute atomic E-state index is 0.173. The van der Waals surface area contributed by atoms with Gasteiger partial charge in [-0.1, -0.05) is 31.9 Å². The first-order valence-electron chi connectivity index (χ1n) is 8.32. The largest absolute Gasteiger partial charge is 0.384 e. The molecule has 1 aromatic rings. The van der Waals surface area contributed by atoms with Crippen LogP contribution in [0.5, 0.6) is 0 Å². The van der Waals surface area contributed by atoms with Gasteiger partial charge in [0.2, 0.25) is 0 Å². The quantitative estimate of drug-likeness (QED) is 0.800. The van der Waals surface area contributed by atoms with E-state index in [4.69, 9.17) is 0 Å². The molecule has 1 N–H and O–H groups in total. The first kappa shape index (κ1) is 15.9. The molecule has 3 heteroatoms. The van der Waals surface area contributed by atoms with Crippen LogP contribution >= 0.6 is 0 Å². The fourth-order valence-corrected chi connectivity index (χ4v) is 2.97. The van der Waals surface area contributed by atoms with E-state index in [1.165, 1.54) is 18.4 Å². The molecule has 0 atom stereocenters. The Morgan fingerprint density at radius 2 is 2.14 bits per heavy atom. The summed E-state index contributed by atoms with van der Waals surface area (Å²) >= 11 is 0. The van der Waals surface area contributed by atoms with E-state index in [-0.39, 0.29) is 11.9 Å². The topological polar surface area (TPSA) is 32.3 Å². The van der Waals surface area contributed by atoms with Crippen LogP contribution in [0.1, 0.15) is 62.4 Å². The molecule has 0 aliphatic carbocycles. The molecule has 1 amide bonds. The van der Waals surface area contributed by atoms with E-state index in [1.54, 1.807) is 0 Å². The van der Waals surface area contributed by atoms with Gasteiger partial charge < -0.3 is 10.2 Å². The van der Waals surface area contributed by atoms with Crippen LogP contribution in [0.25, 0.3) is 0 Å². The van der Waals surface area contributed by atoms with Crippen molar-refractivity contribution < 1.29 is 4.79 Å². The number of nitrogens with one attached hydrogen (secondary N) is 1. The number of nitrogens with zero attached hydrogens (tertiary/aromatic N) is 1.